The second-order valence-electron chi connectivity index (χ2n) is 9.87. The molecule has 224 valence electrons. The van der Waals surface area contributed by atoms with E-state index >= 15 is 4.39 Å². The number of hydrogen-bond acceptors (Lipinski definition) is 5. The fourth-order valence-electron chi connectivity index (χ4n) is 5.20. The lowest BCUT2D eigenvalue weighted by atomic mass is 9.96. The van der Waals surface area contributed by atoms with Gasteiger partial charge in [-0.15, -0.1) is 11.3 Å². The predicted molar refractivity (Wildman–Crippen MR) is 170 cm³/mol. The molecule has 11 heteroatoms. The standard InChI is InChI=1S/C34H20ClF3N2O3S2/c1-43-34(41)26-15-28(35)25(16-29(26)38)20-3-2-4-21(13-20)33-32(24-11-12-44-31(24)18-39)27-14-22(37)7-10-30(27)40(33)45(42)23-8-5-19(17-36)6-9-23/h2-16H,17H2,1H3. The van der Waals surface area contributed by atoms with Crippen molar-refractivity contribution >= 4 is 51.2 Å². The molecule has 0 spiro atoms. The molecule has 2 heterocycles. The van der Waals surface area contributed by atoms with E-state index in [0.29, 0.717) is 54.2 Å². The van der Waals surface area contributed by atoms with Gasteiger partial charge < -0.3 is 9.29 Å². The summed E-state index contributed by atoms with van der Waals surface area (Å²) in [5.41, 5.74) is 3.21. The third kappa shape index (κ3) is 5.49. The zero-order valence-corrected chi connectivity index (χ0v) is 25.7. The zero-order valence-electron chi connectivity index (χ0n) is 23.3. The summed E-state index contributed by atoms with van der Waals surface area (Å²) >= 11 is 5.83. The molecule has 4 aromatic carbocycles. The summed E-state index contributed by atoms with van der Waals surface area (Å²) in [6, 6.07) is 23.5. The fraction of sp³-hybridized carbons (Fsp3) is 0.0588. The van der Waals surface area contributed by atoms with Crippen LogP contribution >= 0.6 is 22.9 Å². The number of fused-ring (bicyclic) bond motifs is 1. The first-order chi connectivity index (χ1) is 21.7. The molecule has 2 aromatic heterocycles. The average molecular weight is 661 g/mol. The van der Waals surface area contributed by atoms with Crippen molar-refractivity contribution in [2.24, 2.45) is 0 Å². The number of benzene rings is 4. The minimum Gasteiger partial charge on any atom is -0.587 e. The van der Waals surface area contributed by atoms with Gasteiger partial charge in [-0.1, -0.05) is 41.9 Å². The van der Waals surface area contributed by atoms with Crippen LogP contribution in [-0.4, -0.2) is 21.6 Å². The summed E-state index contributed by atoms with van der Waals surface area (Å²) in [5, 5.41) is 12.2. The van der Waals surface area contributed by atoms with E-state index in [9.17, 15) is 23.4 Å². The lowest BCUT2D eigenvalue weighted by Crippen LogP contribution is -2.14. The van der Waals surface area contributed by atoms with Gasteiger partial charge in [0.15, 0.2) is 4.90 Å². The molecular weight excluding hydrogens is 641 g/mol. The van der Waals surface area contributed by atoms with E-state index in [1.54, 1.807) is 63.9 Å². The van der Waals surface area contributed by atoms with E-state index in [1.165, 1.54) is 35.6 Å². The molecule has 0 N–H and O–H groups in total. The van der Waals surface area contributed by atoms with Gasteiger partial charge in [0, 0.05) is 32.7 Å². The molecule has 1 unspecified atom stereocenters. The van der Waals surface area contributed by atoms with Crippen LogP contribution in [0.25, 0.3) is 44.4 Å². The molecule has 0 aliphatic heterocycles. The second-order valence-corrected chi connectivity index (χ2v) is 12.5. The van der Waals surface area contributed by atoms with Crippen molar-refractivity contribution in [2.45, 2.75) is 11.6 Å². The van der Waals surface area contributed by atoms with Gasteiger partial charge in [-0.2, -0.15) is 9.23 Å². The Morgan fingerprint density at radius 1 is 1.02 bits per heavy atom. The Kier molecular flexibility index (Phi) is 8.44. The molecule has 0 fully saturated rings. The predicted octanol–water partition coefficient (Wildman–Crippen LogP) is 9.33. The van der Waals surface area contributed by atoms with Gasteiger partial charge >= 0.3 is 5.97 Å². The molecule has 1 atom stereocenters. The summed E-state index contributed by atoms with van der Waals surface area (Å²) < 4.78 is 63.6. The van der Waals surface area contributed by atoms with E-state index < -0.39 is 35.6 Å². The van der Waals surface area contributed by atoms with E-state index in [4.69, 9.17) is 11.6 Å². The molecule has 0 aliphatic rings. The van der Waals surface area contributed by atoms with Crippen molar-refractivity contribution in [3.8, 4) is 39.6 Å². The number of methoxy groups -OCH3 is 1. The number of hydrogen-bond donors (Lipinski definition) is 0. The summed E-state index contributed by atoms with van der Waals surface area (Å²) in [5.74, 6) is -2.23. The maximum atomic E-state index is 15.0. The van der Waals surface area contributed by atoms with Crippen LogP contribution in [0.1, 0.15) is 20.8 Å². The molecule has 6 aromatic rings. The number of ether oxygens (including phenoxy) is 1. The van der Waals surface area contributed by atoms with Crippen LogP contribution in [0.5, 0.6) is 0 Å². The first-order valence-electron chi connectivity index (χ1n) is 13.3. The zero-order chi connectivity index (χ0) is 31.8. The van der Waals surface area contributed by atoms with E-state index in [-0.39, 0.29) is 16.1 Å². The van der Waals surface area contributed by atoms with Gasteiger partial charge in [0.2, 0.25) is 0 Å². The number of thiophene rings is 1. The van der Waals surface area contributed by atoms with Gasteiger partial charge in [-0.3, -0.25) is 0 Å². The number of halogens is 4. The number of rotatable bonds is 7. The molecule has 0 saturated carbocycles. The Morgan fingerprint density at radius 3 is 2.49 bits per heavy atom. The van der Waals surface area contributed by atoms with Crippen LogP contribution < -0.4 is 0 Å². The summed E-state index contributed by atoms with van der Waals surface area (Å²) in [4.78, 5) is 12.8. The van der Waals surface area contributed by atoms with Crippen molar-refractivity contribution in [1.82, 2.24) is 3.97 Å². The van der Waals surface area contributed by atoms with Gasteiger partial charge in [-0.05, 0) is 71.1 Å². The number of carbonyl (C=O) groups excluding carboxylic acids is 1. The van der Waals surface area contributed by atoms with Crippen LogP contribution in [0.4, 0.5) is 13.2 Å². The molecule has 0 amide bonds. The van der Waals surface area contributed by atoms with Crippen LogP contribution in [0.2, 0.25) is 5.02 Å². The smallest absolute Gasteiger partial charge is 0.340 e. The lowest BCUT2D eigenvalue weighted by Gasteiger charge is -2.17. The number of nitrogens with zero attached hydrogens (tertiary/aromatic N) is 2. The molecule has 0 radical (unpaired) electrons. The Balaban J connectivity index is 1.65. The monoisotopic (exact) mass is 660 g/mol. The van der Waals surface area contributed by atoms with Crippen molar-refractivity contribution in [3.63, 3.8) is 0 Å². The normalized spacial score (nSPS) is 11.8. The molecule has 6 rings (SSSR count). The maximum Gasteiger partial charge on any atom is 0.340 e. The first-order valence-corrected chi connectivity index (χ1v) is 15.7. The summed E-state index contributed by atoms with van der Waals surface area (Å²) in [6.07, 6.45) is 0. The lowest BCUT2D eigenvalue weighted by molar-refractivity contribution is 0.0595. The summed E-state index contributed by atoms with van der Waals surface area (Å²) in [6.45, 7) is -0.681. The van der Waals surface area contributed by atoms with Gasteiger partial charge in [-0.25, -0.2) is 18.0 Å². The van der Waals surface area contributed by atoms with Crippen LogP contribution in [0.15, 0.2) is 95.2 Å². The van der Waals surface area contributed by atoms with Crippen LogP contribution in [0.3, 0.4) is 0 Å². The van der Waals surface area contributed by atoms with Crippen LogP contribution in [-0.2, 0) is 22.8 Å². The maximum absolute atomic E-state index is 15.0. The Labute approximate surface area is 268 Å². The van der Waals surface area contributed by atoms with E-state index in [0.717, 1.165) is 13.2 Å². The second kappa shape index (κ2) is 12.5. The minimum atomic E-state index is -1.91. The first kappa shape index (κ1) is 30.5. The van der Waals surface area contributed by atoms with Crippen molar-refractivity contribution < 1.29 is 27.3 Å². The largest absolute Gasteiger partial charge is 0.587 e. The third-order valence-electron chi connectivity index (χ3n) is 7.28. The molecule has 0 bridgehead atoms. The highest BCUT2D eigenvalue weighted by Gasteiger charge is 2.30. The molecule has 0 saturated heterocycles. The Bertz CT molecular complexity index is 2140. The molecule has 0 aliphatic carbocycles. The van der Waals surface area contributed by atoms with Gasteiger partial charge in [0.1, 0.15) is 46.3 Å². The topological polar surface area (TPSA) is 78.1 Å². The highest BCUT2D eigenvalue weighted by molar-refractivity contribution is 7.90. The van der Waals surface area contributed by atoms with E-state index in [1.807, 2.05) is 0 Å². The highest BCUT2D eigenvalue weighted by Crippen LogP contribution is 2.46. The van der Waals surface area contributed by atoms with Crippen molar-refractivity contribution in [1.29, 1.82) is 5.26 Å². The molecule has 45 heavy (non-hydrogen) atoms. The molecular formula is C34H20ClF3N2O3S2. The number of aromatic nitrogens is 1. The molecule has 5 nitrogen and oxygen atoms in total. The highest BCUT2D eigenvalue weighted by atomic mass is 35.5. The van der Waals surface area contributed by atoms with E-state index in [2.05, 4.69) is 10.8 Å². The average Bonchev–Trinajstić information content (AvgIpc) is 3.66. The fourth-order valence-corrected chi connectivity index (χ4v) is 7.45. The number of carbonyl (C=O) groups is 1. The van der Waals surface area contributed by atoms with Crippen LogP contribution in [0, 0.1) is 23.0 Å². The Hall–Kier alpha value is -4.53. The van der Waals surface area contributed by atoms with Crippen molar-refractivity contribution in [2.75, 3.05) is 7.11 Å². The van der Waals surface area contributed by atoms with Gasteiger partial charge in [0.25, 0.3) is 0 Å². The summed E-state index contributed by atoms with van der Waals surface area (Å²) in [7, 11) is 1.14. The SMILES string of the molecule is COC(=O)c1cc(Cl)c(-c2cccc(-c3c(-c4ccsc4C#N)c4cc(F)ccc4n3[S+]([O-])c3ccc(CF)cc3)c2)cc1F. The quantitative estimate of drug-likeness (QED) is 0.126. The van der Waals surface area contributed by atoms with Gasteiger partial charge in [0.05, 0.1) is 18.2 Å². The minimum absolute atomic E-state index is 0.0953. The number of esters is 1. The van der Waals surface area contributed by atoms with Crippen molar-refractivity contribution in [3.05, 3.63) is 123 Å². The third-order valence-corrected chi connectivity index (χ3v) is 9.80. The number of alkyl halides is 1. The number of nitriles is 1. The Morgan fingerprint density at radius 2 is 1.78 bits per heavy atom.